The molecule has 0 radical (unpaired) electrons. The molecule has 4 saturated carbocycles. The third-order valence-corrected chi connectivity index (χ3v) is 15.9. The van der Waals surface area contributed by atoms with Crippen LogP contribution in [0.25, 0.3) is 55.7 Å². The van der Waals surface area contributed by atoms with Gasteiger partial charge in [0.15, 0.2) is 0 Å². The number of amides is 1. The zero-order valence-electron chi connectivity index (χ0n) is 42.1. The van der Waals surface area contributed by atoms with E-state index >= 15 is 0 Å². The normalized spacial score (nSPS) is 21.2. The molecule has 5 N–H and O–H groups in total. The number of aromatic nitrogens is 6. The van der Waals surface area contributed by atoms with Crippen molar-refractivity contribution in [1.82, 2.24) is 34.4 Å². The molecule has 5 aromatic carbocycles. The first-order valence-electron chi connectivity index (χ1n) is 25.4. The standard InChI is InChI=1S/C32H27ClN6O3.C25H24ClN5.2O2S/c33-27-18-34-31(37-29(27)26-19-38(23-6-2-1-3-7-23)28-9-5-4-8-25(26)28)36-22-16-32(17-22)14-21(15-32)35-30(40)20-10-12-24(13-11-20)39(41)42;26-21-14-28-24(29-17-12-25(13-17)10-16(27)11-25)30-23(21)20-15-31(18-6-2-1-3-7-18)22-9-5-4-8-19(20)22;2*1-3-2/h1-13,18-19,21-22H,14-17H2,(H,35,40)(H,34,36,37);1-9,14-17H,10-13,27H2,(H,28,29,30);;. The first-order valence-corrected chi connectivity index (χ1v) is 27.4. The van der Waals surface area contributed by atoms with Crippen molar-refractivity contribution < 1.29 is 26.6 Å². The summed E-state index contributed by atoms with van der Waals surface area (Å²) in [5, 5.41) is 24.1. The molecule has 0 atom stereocenters. The Hall–Kier alpha value is -8.01. The van der Waals surface area contributed by atoms with Crippen LogP contribution in [0.15, 0.2) is 158 Å². The minimum atomic E-state index is -0.750. The number of hydrogen-bond donors (Lipinski definition) is 4. The minimum Gasteiger partial charge on any atom is -0.351 e. The van der Waals surface area contributed by atoms with E-state index in [2.05, 4.69) is 102 Å². The number of anilines is 2. The van der Waals surface area contributed by atoms with Gasteiger partial charge in [-0.25, -0.2) is 19.9 Å². The molecule has 4 aliphatic rings. The van der Waals surface area contributed by atoms with Crippen molar-refractivity contribution in [3.63, 3.8) is 0 Å². The molecule has 4 aromatic heterocycles. The van der Waals surface area contributed by atoms with Gasteiger partial charge in [-0.05, 0) is 111 Å². The summed E-state index contributed by atoms with van der Waals surface area (Å²) in [6, 6.07) is 43.9. The van der Waals surface area contributed by atoms with Crippen LogP contribution in [-0.4, -0.2) is 80.9 Å². The Morgan fingerprint density at radius 1 is 0.582 bits per heavy atom. The van der Waals surface area contributed by atoms with E-state index in [1.165, 1.54) is 24.3 Å². The number of nitro groups is 1. The summed E-state index contributed by atoms with van der Waals surface area (Å²) >= 11 is 11.7. The number of nitrogens with one attached hydrogen (secondary N) is 3. The van der Waals surface area contributed by atoms with E-state index in [0.29, 0.717) is 50.7 Å². The van der Waals surface area contributed by atoms with E-state index in [0.717, 1.165) is 101 Å². The third kappa shape index (κ3) is 11.7. The number of carbonyl (C=O) groups excluding carboxylic acids is 1. The number of nitrogens with two attached hydrogens (primary N) is 1. The molecule has 0 aliphatic heterocycles. The van der Waals surface area contributed by atoms with Crippen molar-refractivity contribution in [3.05, 3.63) is 184 Å². The van der Waals surface area contributed by atoms with Crippen molar-refractivity contribution in [3.8, 4) is 33.9 Å². The van der Waals surface area contributed by atoms with Gasteiger partial charge in [0.25, 0.3) is 11.6 Å². The van der Waals surface area contributed by atoms with Gasteiger partial charge in [-0.2, -0.15) is 16.8 Å². The van der Waals surface area contributed by atoms with E-state index in [4.69, 9.17) is 55.7 Å². The van der Waals surface area contributed by atoms with E-state index in [1.54, 1.807) is 12.4 Å². The van der Waals surface area contributed by atoms with Crippen LogP contribution >= 0.6 is 23.2 Å². The lowest BCUT2D eigenvalue weighted by molar-refractivity contribution is -0.384. The molecule has 1 amide bonds. The first-order chi connectivity index (χ1) is 38.3. The highest BCUT2D eigenvalue weighted by molar-refractivity contribution is 7.52. The quantitative estimate of drug-likeness (QED) is 0.0694. The molecule has 4 fully saturated rings. The molecule has 402 valence electrons. The summed E-state index contributed by atoms with van der Waals surface area (Å²) in [7, 11) is 0. The first kappa shape index (κ1) is 54.3. The van der Waals surface area contributed by atoms with Gasteiger partial charge in [0.2, 0.25) is 11.9 Å². The lowest BCUT2D eigenvalue weighted by Gasteiger charge is -2.57. The van der Waals surface area contributed by atoms with Crippen LogP contribution in [0.4, 0.5) is 17.6 Å². The Labute approximate surface area is 470 Å². The Morgan fingerprint density at radius 3 is 1.39 bits per heavy atom. The van der Waals surface area contributed by atoms with Gasteiger partial charge in [-0.1, -0.05) is 96.0 Å². The van der Waals surface area contributed by atoms with Gasteiger partial charge >= 0.3 is 23.1 Å². The highest BCUT2D eigenvalue weighted by Crippen LogP contribution is 2.57. The maximum Gasteiger partial charge on any atom is 0.335 e. The summed E-state index contributed by atoms with van der Waals surface area (Å²) in [6.07, 6.45) is 15.9. The minimum absolute atomic E-state index is 0.0297. The second kappa shape index (κ2) is 23.5. The maximum absolute atomic E-state index is 12.6. The fourth-order valence-corrected chi connectivity index (χ4v) is 12.3. The number of hydrogen-bond acceptors (Lipinski definition) is 14. The van der Waals surface area contributed by atoms with Gasteiger partial charge in [-0.15, -0.1) is 0 Å². The molecule has 0 unspecified atom stereocenters. The Balaban J connectivity index is 0.000000168. The highest BCUT2D eigenvalue weighted by Gasteiger charge is 2.54. The molecular formula is C57H51Cl2N11O7S2. The smallest absolute Gasteiger partial charge is 0.335 e. The number of nitrogens with zero attached hydrogens (tertiary/aromatic N) is 7. The number of halogens is 2. The summed E-state index contributed by atoms with van der Waals surface area (Å²) in [6.45, 7) is 0. The summed E-state index contributed by atoms with van der Waals surface area (Å²) in [5.41, 5.74) is 14.8. The van der Waals surface area contributed by atoms with Crippen molar-refractivity contribution >= 4 is 91.6 Å². The topological polar surface area (TPSA) is 252 Å². The zero-order chi connectivity index (χ0) is 55.3. The predicted molar refractivity (Wildman–Crippen MR) is 305 cm³/mol. The van der Waals surface area contributed by atoms with Crippen LogP contribution in [-0.2, 0) is 23.1 Å². The second-order valence-corrected chi connectivity index (χ2v) is 21.6. The largest absolute Gasteiger partial charge is 0.351 e. The Bertz CT molecular complexity index is 3740. The Morgan fingerprint density at radius 2 is 0.975 bits per heavy atom. The predicted octanol–water partition coefficient (Wildman–Crippen LogP) is 10.9. The Kier molecular flexibility index (Phi) is 16.2. The highest BCUT2D eigenvalue weighted by atomic mass is 35.5. The molecule has 13 rings (SSSR count). The average Bonchev–Trinajstić information content (AvgIpc) is 4.16. The van der Waals surface area contributed by atoms with Gasteiger partial charge < -0.3 is 30.8 Å². The van der Waals surface area contributed by atoms with Crippen LogP contribution in [0.2, 0.25) is 10.0 Å². The fourth-order valence-electron chi connectivity index (χ4n) is 11.9. The number of rotatable bonds is 11. The van der Waals surface area contributed by atoms with Crippen molar-refractivity contribution in [2.24, 2.45) is 16.6 Å². The monoisotopic (exact) mass is 1140 g/mol. The van der Waals surface area contributed by atoms with Crippen LogP contribution < -0.4 is 21.7 Å². The fraction of sp³-hybridized carbons (Fsp3) is 0.246. The van der Waals surface area contributed by atoms with E-state index in [-0.39, 0.29) is 29.1 Å². The number of carbonyl (C=O) groups is 1. The molecule has 0 bridgehead atoms. The summed E-state index contributed by atoms with van der Waals surface area (Å²) < 4.78 is 37.5. The lowest BCUT2D eigenvalue weighted by atomic mass is 9.52. The van der Waals surface area contributed by atoms with Crippen molar-refractivity contribution in [2.75, 3.05) is 10.6 Å². The lowest BCUT2D eigenvalue weighted by Crippen LogP contribution is -2.59. The molecule has 4 aliphatic carbocycles. The molecule has 2 spiro atoms. The zero-order valence-corrected chi connectivity index (χ0v) is 45.3. The summed E-state index contributed by atoms with van der Waals surface area (Å²) in [4.78, 5) is 41.6. The number of non-ortho nitro benzene ring substituents is 1. The van der Waals surface area contributed by atoms with Crippen molar-refractivity contribution in [2.45, 2.75) is 75.5 Å². The molecule has 22 heteroatoms. The molecule has 79 heavy (non-hydrogen) atoms. The molecule has 4 heterocycles. The SMILES string of the molecule is NC1CC2(C1)CC(Nc1ncc(Cl)c(-c3cn(-c4ccccc4)c4ccccc34)n1)C2.O=C(NC1CC2(C1)CC(Nc1ncc(Cl)c(-c3cn(-c4ccccc4)c4ccccc34)n1)C2)c1ccc([N+](=O)[O-])cc1.O=S=O.O=S=O. The number of para-hydroxylation sites is 4. The van der Waals surface area contributed by atoms with Crippen LogP contribution in [0.3, 0.4) is 0 Å². The third-order valence-electron chi connectivity index (χ3n) is 15.3. The van der Waals surface area contributed by atoms with Crippen LogP contribution in [0.5, 0.6) is 0 Å². The average molecular weight is 1140 g/mol. The van der Waals surface area contributed by atoms with Crippen molar-refractivity contribution in [1.29, 1.82) is 0 Å². The molecule has 9 aromatic rings. The maximum atomic E-state index is 12.6. The van der Waals surface area contributed by atoms with E-state index in [1.807, 2.05) is 54.6 Å². The van der Waals surface area contributed by atoms with Gasteiger partial charge in [-0.3, -0.25) is 14.9 Å². The molecule has 18 nitrogen and oxygen atoms in total. The summed E-state index contributed by atoms with van der Waals surface area (Å²) in [5.74, 6) is 0.988. The number of benzene rings is 5. The van der Waals surface area contributed by atoms with Gasteiger partial charge in [0.05, 0.1) is 49.8 Å². The van der Waals surface area contributed by atoms with E-state index < -0.39 is 28.1 Å². The second-order valence-electron chi connectivity index (χ2n) is 20.5. The molecule has 0 saturated heterocycles. The van der Waals surface area contributed by atoms with Crippen LogP contribution in [0.1, 0.15) is 61.7 Å². The van der Waals surface area contributed by atoms with Crippen LogP contribution in [0, 0.1) is 20.9 Å². The van der Waals surface area contributed by atoms with E-state index in [9.17, 15) is 14.9 Å². The number of nitro benzene ring substituents is 1. The molecular weight excluding hydrogens is 1090 g/mol. The van der Waals surface area contributed by atoms with Gasteiger partial charge in [0, 0.05) is 87.5 Å². The van der Waals surface area contributed by atoms with Gasteiger partial charge in [0.1, 0.15) is 0 Å². The number of fused-ring (bicyclic) bond motifs is 2.